The first-order valence-electron chi connectivity index (χ1n) is 6.22. The average Bonchev–Trinajstić information content (AvgIpc) is 2.82. The van der Waals surface area contributed by atoms with Gasteiger partial charge in [0.15, 0.2) is 5.65 Å². The number of anilines is 1. The third kappa shape index (κ3) is 1.51. The summed E-state index contributed by atoms with van der Waals surface area (Å²) in [6.07, 6.45) is 4.86. The summed E-state index contributed by atoms with van der Waals surface area (Å²) >= 11 is 0. The summed E-state index contributed by atoms with van der Waals surface area (Å²) in [7, 11) is 0. The number of aryl methyl sites for hydroxylation is 1. The molecular formula is C13H18N4. The van der Waals surface area contributed by atoms with Crippen LogP contribution in [0.4, 0.5) is 5.95 Å². The van der Waals surface area contributed by atoms with E-state index in [9.17, 15) is 0 Å². The quantitative estimate of drug-likeness (QED) is 0.819. The second-order valence-electron chi connectivity index (χ2n) is 5.30. The maximum Gasteiger partial charge on any atom is 0.202 e. The maximum atomic E-state index is 6.08. The van der Waals surface area contributed by atoms with Crippen LogP contribution >= 0.6 is 0 Å². The topological polar surface area (TPSA) is 56.7 Å². The van der Waals surface area contributed by atoms with Crippen molar-refractivity contribution in [2.24, 2.45) is 0 Å². The molecule has 90 valence electrons. The van der Waals surface area contributed by atoms with Crippen LogP contribution in [0, 0.1) is 6.92 Å². The van der Waals surface area contributed by atoms with E-state index in [1.165, 1.54) is 12.8 Å². The van der Waals surface area contributed by atoms with E-state index in [2.05, 4.69) is 21.5 Å². The number of rotatable bonds is 1. The Balaban J connectivity index is 2.27. The number of nitrogens with two attached hydrogens (primary N) is 1. The third-order valence-electron chi connectivity index (χ3n) is 3.89. The van der Waals surface area contributed by atoms with Crippen LogP contribution in [0.15, 0.2) is 12.1 Å². The number of hydrogen-bond donors (Lipinski definition) is 1. The number of pyridine rings is 1. The van der Waals surface area contributed by atoms with Gasteiger partial charge in [-0.1, -0.05) is 12.8 Å². The predicted molar refractivity (Wildman–Crippen MR) is 68.8 cm³/mol. The van der Waals surface area contributed by atoms with Crippen molar-refractivity contribution in [3.8, 4) is 0 Å². The molecule has 3 rings (SSSR count). The normalized spacial score (nSPS) is 18.9. The predicted octanol–water partition coefficient (Wildman–Crippen LogP) is 2.61. The minimum atomic E-state index is 0.0969. The number of fused-ring (bicyclic) bond motifs is 1. The lowest BCUT2D eigenvalue weighted by atomic mass is 10.0. The van der Waals surface area contributed by atoms with Gasteiger partial charge in [-0.05, 0) is 38.8 Å². The minimum Gasteiger partial charge on any atom is -0.369 e. The van der Waals surface area contributed by atoms with E-state index < -0.39 is 0 Å². The average molecular weight is 230 g/mol. The van der Waals surface area contributed by atoms with Crippen LogP contribution in [0.25, 0.3) is 11.2 Å². The Hall–Kier alpha value is -1.58. The summed E-state index contributed by atoms with van der Waals surface area (Å²) in [5.74, 6) is 0.600. The van der Waals surface area contributed by atoms with E-state index in [1.807, 2.05) is 19.1 Å². The zero-order valence-electron chi connectivity index (χ0n) is 10.4. The van der Waals surface area contributed by atoms with E-state index in [0.29, 0.717) is 5.95 Å². The van der Waals surface area contributed by atoms with Crippen LogP contribution < -0.4 is 5.73 Å². The molecule has 1 fully saturated rings. The van der Waals surface area contributed by atoms with Crippen molar-refractivity contribution in [2.75, 3.05) is 5.73 Å². The first kappa shape index (κ1) is 10.6. The van der Waals surface area contributed by atoms with E-state index in [0.717, 1.165) is 29.7 Å². The zero-order valence-corrected chi connectivity index (χ0v) is 10.4. The Bertz CT molecular complexity index is 564. The fraction of sp³-hybridized carbons (Fsp3) is 0.538. The molecule has 2 N–H and O–H groups in total. The fourth-order valence-corrected chi connectivity index (χ4v) is 2.96. The molecule has 2 heterocycles. The Morgan fingerprint density at radius 3 is 2.65 bits per heavy atom. The van der Waals surface area contributed by atoms with E-state index >= 15 is 0 Å². The summed E-state index contributed by atoms with van der Waals surface area (Å²) < 4.78 is 2.14. The van der Waals surface area contributed by atoms with Crippen molar-refractivity contribution in [1.82, 2.24) is 14.5 Å². The zero-order chi connectivity index (χ0) is 12.0. The fourth-order valence-electron chi connectivity index (χ4n) is 2.96. The number of hydrogen-bond acceptors (Lipinski definition) is 3. The number of imidazole rings is 1. The Kier molecular flexibility index (Phi) is 2.15. The first-order chi connectivity index (χ1) is 8.10. The highest BCUT2D eigenvalue weighted by Crippen LogP contribution is 2.39. The van der Waals surface area contributed by atoms with Crippen LogP contribution in [0.5, 0.6) is 0 Å². The molecule has 4 heteroatoms. The van der Waals surface area contributed by atoms with E-state index in [1.54, 1.807) is 0 Å². The third-order valence-corrected chi connectivity index (χ3v) is 3.89. The monoisotopic (exact) mass is 230 g/mol. The van der Waals surface area contributed by atoms with Crippen LogP contribution in [0.1, 0.15) is 38.3 Å². The van der Waals surface area contributed by atoms with Crippen molar-refractivity contribution in [1.29, 1.82) is 0 Å². The van der Waals surface area contributed by atoms with Crippen molar-refractivity contribution >= 4 is 17.1 Å². The molecule has 1 aliphatic carbocycles. The first-order valence-corrected chi connectivity index (χ1v) is 6.22. The van der Waals surface area contributed by atoms with E-state index in [4.69, 9.17) is 5.73 Å². The molecule has 1 aliphatic rings. The smallest absolute Gasteiger partial charge is 0.202 e. The molecule has 0 bridgehead atoms. The van der Waals surface area contributed by atoms with Crippen LogP contribution in [0.2, 0.25) is 0 Å². The molecule has 0 aromatic carbocycles. The number of nitrogen functional groups attached to an aromatic ring is 1. The van der Waals surface area contributed by atoms with Crippen LogP contribution in [-0.4, -0.2) is 14.5 Å². The van der Waals surface area contributed by atoms with Gasteiger partial charge in [0.05, 0.1) is 0 Å². The van der Waals surface area contributed by atoms with Gasteiger partial charge in [0.25, 0.3) is 0 Å². The second-order valence-corrected chi connectivity index (χ2v) is 5.30. The van der Waals surface area contributed by atoms with Gasteiger partial charge >= 0.3 is 0 Å². The molecule has 2 aromatic rings. The highest BCUT2D eigenvalue weighted by molar-refractivity contribution is 5.74. The standard InChI is InChI=1S/C13H18N4/c1-9-5-6-10-11(15-9)17(12(14)16-10)13(2)7-3-4-8-13/h5-6H,3-4,7-8H2,1-2H3,(H2,14,16). The Labute approximate surface area is 101 Å². The number of nitrogens with zero attached hydrogens (tertiary/aromatic N) is 3. The largest absolute Gasteiger partial charge is 0.369 e. The van der Waals surface area contributed by atoms with Gasteiger partial charge < -0.3 is 5.73 Å². The van der Waals surface area contributed by atoms with Gasteiger partial charge in [-0.2, -0.15) is 0 Å². The van der Waals surface area contributed by atoms with Gasteiger partial charge in [0.2, 0.25) is 5.95 Å². The van der Waals surface area contributed by atoms with Crippen molar-refractivity contribution in [3.05, 3.63) is 17.8 Å². The maximum absolute atomic E-state index is 6.08. The SMILES string of the molecule is Cc1ccc2nc(N)n(C3(C)CCCC3)c2n1. The molecule has 0 amide bonds. The highest BCUT2D eigenvalue weighted by Gasteiger charge is 2.33. The number of aromatic nitrogens is 3. The Morgan fingerprint density at radius 2 is 1.94 bits per heavy atom. The summed E-state index contributed by atoms with van der Waals surface area (Å²) in [4.78, 5) is 9.03. The molecule has 0 atom stereocenters. The van der Waals surface area contributed by atoms with Gasteiger partial charge in [-0.15, -0.1) is 0 Å². The molecule has 0 unspecified atom stereocenters. The van der Waals surface area contributed by atoms with E-state index in [-0.39, 0.29) is 5.54 Å². The van der Waals surface area contributed by atoms with Crippen molar-refractivity contribution < 1.29 is 0 Å². The molecule has 0 spiro atoms. The molecule has 17 heavy (non-hydrogen) atoms. The lowest BCUT2D eigenvalue weighted by Crippen LogP contribution is -2.27. The molecule has 0 aliphatic heterocycles. The highest BCUT2D eigenvalue weighted by atomic mass is 15.2. The molecule has 2 aromatic heterocycles. The summed E-state index contributed by atoms with van der Waals surface area (Å²) in [6, 6.07) is 3.99. The van der Waals surface area contributed by atoms with Crippen molar-refractivity contribution in [2.45, 2.75) is 45.1 Å². The van der Waals surface area contributed by atoms with Crippen molar-refractivity contribution in [3.63, 3.8) is 0 Å². The van der Waals surface area contributed by atoms with Gasteiger partial charge in [0.1, 0.15) is 5.52 Å². The Morgan fingerprint density at radius 1 is 1.24 bits per heavy atom. The summed E-state index contributed by atoms with van der Waals surface area (Å²) in [6.45, 7) is 4.27. The molecule has 1 saturated carbocycles. The lowest BCUT2D eigenvalue weighted by Gasteiger charge is -2.27. The molecule has 4 nitrogen and oxygen atoms in total. The lowest BCUT2D eigenvalue weighted by molar-refractivity contribution is 0.342. The van der Waals surface area contributed by atoms with Gasteiger partial charge in [0, 0.05) is 11.2 Å². The molecular weight excluding hydrogens is 212 g/mol. The molecule has 0 radical (unpaired) electrons. The van der Waals surface area contributed by atoms with Crippen LogP contribution in [0.3, 0.4) is 0 Å². The molecule has 0 saturated heterocycles. The summed E-state index contributed by atoms with van der Waals surface area (Å²) in [5, 5.41) is 0. The van der Waals surface area contributed by atoms with Gasteiger partial charge in [-0.25, -0.2) is 9.97 Å². The summed E-state index contributed by atoms with van der Waals surface area (Å²) in [5.41, 5.74) is 9.03. The van der Waals surface area contributed by atoms with Gasteiger partial charge in [-0.3, -0.25) is 4.57 Å². The van der Waals surface area contributed by atoms with Crippen LogP contribution in [-0.2, 0) is 5.54 Å². The minimum absolute atomic E-state index is 0.0969. The second kappa shape index (κ2) is 3.45.